The van der Waals surface area contributed by atoms with Crippen LogP contribution in [-0.2, 0) is 9.57 Å². The van der Waals surface area contributed by atoms with E-state index in [-0.39, 0.29) is 0 Å². The fourth-order valence-corrected chi connectivity index (χ4v) is 0.741. The van der Waals surface area contributed by atoms with Crippen LogP contribution in [0.25, 0.3) is 0 Å². The maximum atomic E-state index is 5.46. The summed E-state index contributed by atoms with van der Waals surface area (Å²) >= 11 is 0. The molecule has 0 saturated heterocycles. The number of ether oxygens (including phenoxy) is 1. The average molecular weight is 157 g/mol. The SMILES string of the molecule is COC1=CN=C(N)N(OC)C1. The summed E-state index contributed by atoms with van der Waals surface area (Å²) in [6.45, 7) is 0.502. The quantitative estimate of drug-likeness (QED) is 0.596. The van der Waals surface area contributed by atoms with Crippen molar-refractivity contribution >= 4 is 5.96 Å². The molecule has 2 N–H and O–H groups in total. The molecule has 0 radical (unpaired) electrons. The van der Waals surface area contributed by atoms with Crippen molar-refractivity contribution in [1.82, 2.24) is 5.06 Å². The lowest BCUT2D eigenvalue weighted by atomic mass is 10.5. The lowest BCUT2D eigenvalue weighted by Gasteiger charge is -2.23. The Labute approximate surface area is 65.0 Å². The van der Waals surface area contributed by atoms with Crippen LogP contribution in [0.1, 0.15) is 0 Å². The van der Waals surface area contributed by atoms with Crippen LogP contribution in [0.4, 0.5) is 0 Å². The fraction of sp³-hybridized carbons (Fsp3) is 0.500. The van der Waals surface area contributed by atoms with Crippen molar-refractivity contribution in [3.8, 4) is 0 Å². The van der Waals surface area contributed by atoms with E-state index in [4.69, 9.17) is 15.3 Å². The van der Waals surface area contributed by atoms with Crippen LogP contribution in [0.2, 0.25) is 0 Å². The molecule has 1 heterocycles. The Morgan fingerprint density at radius 2 is 2.36 bits per heavy atom. The Morgan fingerprint density at radius 3 is 2.91 bits per heavy atom. The van der Waals surface area contributed by atoms with Crippen molar-refractivity contribution in [2.75, 3.05) is 20.8 Å². The largest absolute Gasteiger partial charge is 0.497 e. The Bertz CT molecular complexity index is 200. The van der Waals surface area contributed by atoms with E-state index in [2.05, 4.69) is 4.99 Å². The number of rotatable bonds is 2. The van der Waals surface area contributed by atoms with Crippen LogP contribution in [-0.4, -0.2) is 31.8 Å². The first-order chi connectivity index (χ1) is 5.27. The first-order valence-electron chi connectivity index (χ1n) is 3.16. The van der Waals surface area contributed by atoms with Crippen molar-refractivity contribution in [1.29, 1.82) is 0 Å². The van der Waals surface area contributed by atoms with E-state index in [1.807, 2.05) is 0 Å². The molecular formula is C6H11N3O2. The van der Waals surface area contributed by atoms with Gasteiger partial charge in [0.15, 0.2) is 0 Å². The van der Waals surface area contributed by atoms with Crippen LogP contribution in [0.5, 0.6) is 0 Å². The zero-order valence-electron chi connectivity index (χ0n) is 6.57. The molecule has 62 valence electrons. The predicted molar refractivity (Wildman–Crippen MR) is 40.4 cm³/mol. The summed E-state index contributed by atoms with van der Waals surface area (Å²) < 4.78 is 4.95. The van der Waals surface area contributed by atoms with Gasteiger partial charge in [-0.15, -0.1) is 0 Å². The molecule has 5 heteroatoms. The highest BCUT2D eigenvalue weighted by atomic mass is 16.7. The number of hydrogen-bond acceptors (Lipinski definition) is 5. The van der Waals surface area contributed by atoms with Gasteiger partial charge in [-0.05, 0) is 0 Å². The van der Waals surface area contributed by atoms with E-state index in [1.54, 1.807) is 13.3 Å². The summed E-state index contributed by atoms with van der Waals surface area (Å²) in [5.41, 5.74) is 5.46. The molecule has 0 fully saturated rings. The predicted octanol–water partition coefficient (Wildman–Crippen LogP) is -0.334. The van der Waals surface area contributed by atoms with Crippen molar-refractivity contribution in [2.45, 2.75) is 0 Å². The molecule has 0 bridgehead atoms. The molecule has 5 nitrogen and oxygen atoms in total. The minimum Gasteiger partial charge on any atom is -0.497 e. The number of methoxy groups -OCH3 is 1. The van der Waals surface area contributed by atoms with Crippen LogP contribution >= 0.6 is 0 Å². The van der Waals surface area contributed by atoms with Gasteiger partial charge in [-0.1, -0.05) is 0 Å². The molecule has 0 amide bonds. The molecule has 0 unspecified atom stereocenters. The van der Waals surface area contributed by atoms with Gasteiger partial charge in [0.2, 0.25) is 5.96 Å². The first kappa shape index (κ1) is 7.87. The van der Waals surface area contributed by atoms with Crippen LogP contribution in [0.3, 0.4) is 0 Å². The average Bonchev–Trinajstić information content (AvgIpc) is 2.05. The van der Waals surface area contributed by atoms with E-state index >= 15 is 0 Å². The summed E-state index contributed by atoms with van der Waals surface area (Å²) in [6, 6.07) is 0. The molecule has 0 aliphatic carbocycles. The highest BCUT2D eigenvalue weighted by molar-refractivity contribution is 5.78. The highest BCUT2D eigenvalue weighted by Crippen LogP contribution is 2.05. The number of hydroxylamine groups is 2. The van der Waals surface area contributed by atoms with Crippen molar-refractivity contribution in [3.05, 3.63) is 12.0 Å². The van der Waals surface area contributed by atoms with E-state index < -0.39 is 0 Å². The van der Waals surface area contributed by atoms with Gasteiger partial charge in [-0.25, -0.2) is 10.1 Å². The molecular weight excluding hydrogens is 146 g/mol. The van der Waals surface area contributed by atoms with Gasteiger partial charge >= 0.3 is 0 Å². The van der Waals surface area contributed by atoms with Gasteiger partial charge in [0.1, 0.15) is 12.3 Å². The van der Waals surface area contributed by atoms with E-state index in [0.717, 1.165) is 5.76 Å². The molecule has 11 heavy (non-hydrogen) atoms. The molecule has 0 saturated carbocycles. The van der Waals surface area contributed by atoms with E-state index in [1.165, 1.54) is 12.2 Å². The smallest absolute Gasteiger partial charge is 0.220 e. The van der Waals surface area contributed by atoms with E-state index in [0.29, 0.717) is 12.5 Å². The molecule has 0 aromatic carbocycles. The normalized spacial score (nSPS) is 17.5. The second-order valence-electron chi connectivity index (χ2n) is 2.01. The summed E-state index contributed by atoms with van der Waals surface area (Å²) in [5.74, 6) is 1.06. The van der Waals surface area contributed by atoms with Gasteiger partial charge in [0, 0.05) is 0 Å². The second-order valence-corrected chi connectivity index (χ2v) is 2.01. The summed E-state index contributed by atoms with van der Waals surface area (Å²) in [6.07, 6.45) is 1.57. The van der Waals surface area contributed by atoms with Crippen LogP contribution < -0.4 is 5.73 Å². The topological polar surface area (TPSA) is 60.1 Å². The highest BCUT2D eigenvalue weighted by Gasteiger charge is 2.13. The van der Waals surface area contributed by atoms with Crippen LogP contribution in [0, 0.1) is 0 Å². The standard InChI is InChI=1S/C6H11N3O2/c1-10-5-3-8-6(7)9(4-5)11-2/h3H,4H2,1-2H3,(H2,7,8). The third-order valence-corrected chi connectivity index (χ3v) is 1.38. The monoisotopic (exact) mass is 157 g/mol. The van der Waals surface area contributed by atoms with Gasteiger partial charge < -0.3 is 10.5 Å². The molecule has 0 aromatic rings. The van der Waals surface area contributed by atoms with Crippen molar-refractivity contribution < 1.29 is 9.57 Å². The molecule has 0 atom stereocenters. The van der Waals surface area contributed by atoms with E-state index in [9.17, 15) is 0 Å². The molecule has 0 spiro atoms. The second kappa shape index (κ2) is 3.25. The number of hydrogen-bond donors (Lipinski definition) is 1. The maximum Gasteiger partial charge on any atom is 0.220 e. The molecule has 1 aliphatic rings. The number of guanidine groups is 1. The zero-order chi connectivity index (χ0) is 8.27. The Balaban J connectivity index is 2.67. The van der Waals surface area contributed by atoms with Gasteiger partial charge in [-0.3, -0.25) is 4.84 Å². The molecule has 1 rings (SSSR count). The Morgan fingerprint density at radius 1 is 1.64 bits per heavy atom. The Hall–Kier alpha value is -1.23. The lowest BCUT2D eigenvalue weighted by Crippen LogP contribution is -2.39. The summed E-state index contributed by atoms with van der Waals surface area (Å²) in [7, 11) is 3.11. The van der Waals surface area contributed by atoms with Gasteiger partial charge in [-0.2, -0.15) is 0 Å². The summed E-state index contributed by atoms with van der Waals surface area (Å²) in [5, 5.41) is 1.44. The van der Waals surface area contributed by atoms with Crippen LogP contribution in [0.15, 0.2) is 17.0 Å². The van der Waals surface area contributed by atoms with Gasteiger partial charge in [0.05, 0.1) is 20.4 Å². The zero-order valence-corrected chi connectivity index (χ0v) is 6.57. The minimum absolute atomic E-state index is 0.341. The Kier molecular flexibility index (Phi) is 2.32. The number of nitrogens with two attached hydrogens (primary N) is 1. The van der Waals surface area contributed by atoms with Crippen molar-refractivity contribution in [2.24, 2.45) is 10.7 Å². The van der Waals surface area contributed by atoms with Crippen molar-refractivity contribution in [3.63, 3.8) is 0 Å². The summed E-state index contributed by atoms with van der Waals surface area (Å²) in [4.78, 5) is 8.73. The lowest BCUT2D eigenvalue weighted by molar-refractivity contribution is -0.0675. The third-order valence-electron chi connectivity index (χ3n) is 1.38. The molecule has 0 aromatic heterocycles. The van der Waals surface area contributed by atoms with Gasteiger partial charge in [0.25, 0.3) is 0 Å². The third kappa shape index (κ3) is 1.62. The number of nitrogens with zero attached hydrogens (tertiary/aromatic N) is 2. The molecule has 1 aliphatic heterocycles. The number of aliphatic imine (C=N–C) groups is 1. The first-order valence-corrected chi connectivity index (χ1v) is 3.16. The maximum absolute atomic E-state index is 5.46. The minimum atomic E-state index is 0.341. The fourth-order valence-electron chi connectivity index (χ4n) is 0.741.